The molecule has 16 heavy (non-hydrogen) atoms. The second-order valence-corrected chi connectivity index (χ2v) is 4.48. The summed E-state index contributed by atoms with van der Waals surface area (Å²) in [7, 11) is 0. The van der Waals surface area contributed by atoms with Crippen molar-refractivity contribution in [3.05, 3.63) is 33.6 Å². The van der Waals surface area contributed by atoms with Gasteiger partial charge in [-0.25, -0.2) is 4.98 Å². The number of rotatable bonds is 2. The quantitative estimate of drug-likeness (QED) is 0.888. The Balaban J connectivity index is 2.48. The van der Waals surface area contributed by atoms with Crippen LogP contribution in [0.3, 0.4) is 0 Å². The fourth-order valence-corrected chi connectivity index (χ4v) is 1.80. The van der Waals surface area contributed by atoms with E-state index >= 15 is 0 Å². The van der Waals surface area contributed by atoms with Gasteiger partial charge in [-0.15, -0.1) is 0 Å². The van der Waals surface area contributed by atoms with Crippen molar-refractivity contribution in [2.75, 3.05) is 0 Å². The molecule has 0 aliphatic rings. The Bertz CT molecular complexity index is 499. The molecule has 0 aliphatic heterocycles. The lowest BCUT2D eigenvalue weighted by molar-refractivity contribution is 0.272. The Morgan fingerprint density at radius 3 is 2.44 bits per heavy atom. The Morgan fingerprint density at radius 1 is 1.31 bits per heavy atom. The molecule has 1 aromatic heterocycles. The van der Waals surface area contributed by atoms with Crippen molar-refractivity contribution in [2.45, 2.75) is 20.5 Å². The SMILES string of the molecule is Cc1cc(-c2n[nH]c(CO)n2)cc(C)c1Br. The molecule has 0 saturated heterocycles. The van der Waals surface area contributed by atoms with Crippen molar-refractivity contribution < 1.29 is 5.11 Å². The second kappa shape index (κ2) is 4.35. The third-order valence-corrected chi connectivity index (χ3v) is 3.63. The van der Waals surface area contributed by atoms with Crippen molar-refractivity contribution in [3.63, 3.8) is 0 Å². The normalized spacial score (nSPS) is 10.8. The smallest absolute Gasteiger partial charge is 0.181 e. The maximum atomic E-state index is 8.91. The molecule has 0 bridgehead atoms. The van der Waals surface area contributed by atoms with Crippen molar-refractivity contribution in [1.29, 1.82) is 0 Å². The van der Waals surface area contributed by atoms with Gasteiger partial charge in [-0.3, -0.25) is 5.10 Å². The minimum absolute atomic E-state index is 0.124. The van der Waals surface area contributed by atoms with Gasteiger partial charge in [0.2, 0.25) is 0 Å². The Hall–Kier alpha value is -1.20. The highest BCUT2D eigenvalue weighted by Crippen LogP contribution is 2.26. The number of aromatic amines is 1. The van der Waals surface area contributed by atoms with Crippen molar-refractivity contribution in [1.82, 2.24) is 15.2 Å². The van der Waals surface area contributed by atoms with Gasteiger partial charge in [0, 0.05) is 10.0 Å². The van der Waals surface area contributed by atoms with Crippen LogP contribution in [0.5, 0.6) is 0 Å². The molecule has 0 atom stereocenters. The van der Waals surface area contributed by atoms with E-state index in [9.17, 15) is 0 Å². The van der Waals surface area contributed by atoms with Gasteiger partial charge in [0.25, 0.3) is 0 Å². The molecule has 0 saturated carbocycles. The molecule has 0 fully saturated rings. The number of aliphatic hydroxyl groups excluding tert-OH is 1. The first-order valence-corrected chi connectivity index (χ1v) is 5.70. The lowest BCUT2D eigenvalue weighted by Gasteiger charge is -2.04. The van der Waals surface area contributed by atoms with Gasteiger partial charge < -0.3 is 5.11 Å². The van der Waals surface area contributed by atoms with E-state index in [2.05, 4.69) is 31.1 Å². The number of aliphatic hydroxyl groups is 1. The van der Waals surface area contributed by atoms with E-state index in [0.717, 1.165) is 21.2 Å². The molecule has 0 radical (unpaired) electrons. The summed E-state index contributed by atoms with van der Waals surface area (Å²) in [5.74, 6) is 1.09. The summed E-state index contributed by atoms with van der Waals surface area (Å²) >= 11 is 3.52. The predicted molar refractivity (Wildman–Crippen MR) is 64.9 cm³/mol. The number of benzene rings is 1. The van der Waals surface area contributed by atoms with Crippen LogP contribution in [0.1, 0.15) is 17.0 Å². The van der Waals surface area contributed by atoms with E-state index in [1.54, 1.807) is 0 Å². The topological polar surface area (TPSA) is 61.8 Å². The number of hydrogen-bond donors (Lipinski definition) is 2. The first-order valence-electron chi connectivity index (χ1n) is 4.91. The van der Waals surface area contributed by atoms with Crippen LogP contribution in [-0.4, -0.2) is 20.3 Å². The minimum Gasteiger partial charge on any atom is -0.388 e. The van der Waals surface area contributed by atoms with E-state index in [0.29, 0.717) is 11.6 Å². The monoisotopic (exact) mass is 281 g/mol. The molecule has 4 nitrogen and oxygen atoms in total. The van der Waals surface area contributed by atoms with E-state index in [-0.39, 0.29) is 6.61 Å². The molecule has 0 amide bonds. The van der Waals surface area contributed by atoms with Crippen LogP contribution in [0.25, 0.3) is 11.4 Å². The van der Waals surface area contributed by atoms with Gasteiger partial charge in [-0.2, -0.15) is 5.10 Å². The maximum absolute atomic E-state index is 8.91. The number of hydrogen-bond acceptors (Lipinski definition) is 3. The number of aryl methyl sites for hydroxylation is 2. The van der Waals surface area contributed by atoms with Gasteiger partial charge in [0.05, 0.1) is 0 Å². The molecule has 84 valence electrons. The Kier molecular flexibility index (Phi) is 3.07. The van der Waals surface area contributed by atoms with Gasteiger partial charge in [-0.1, -0.05) is 15.9 Å². The Morgan fingerprint density at radius 2 is 1.94 bits per heavy atom. The zero-order chi connectivity index (χ0) is 11.7. The molecule has 1 aromatic carbocycles. The molecule has 5 heteroatoms. The average molecular weight is 282 g/mol. The first-order chi connectivity index (χ1) is 7.61. The van der Waals surface area contributed by atoms with Gasteiger partial charge in [0.1, 0.15) is 6.61 Å². The second-order valence-electron chi connectivity index (χ2n) is 3.69. The van der Waals surface area contributed by atoms with Crippen molar-refractivity contribution >= 4 is 15.9 Å². The van der Waals surface area contributed by atoms with Gasteiger partial charge >= 0.3 is 0 Å². The predicted octanol–water partition coefficient (Wildman–Crippen LogP) is 2.34. The number of nitrogens with one attached hydrogen (secondary N) is 1. The van der Waals surface area contributed by atoms with Crippen molar-refractivity contribution in [2.24, 2.45) is 0 Å². The fourth-order valence-electron chi connectivity index (χ4n) is 1.57. The van der Waals surface area contributed by atoms with E-state index in [1.165, 1.54) is 0 Å². The van der Waals surface area contributed by atoms with Crippen LogP contribution >= 0.6 is 15.9 Å². The highest BCUT2D eigenvalue weighted by atomic mass is 79.9. The van der Waals surface area contributed by atoms with Crippen LogP contribution in [0.2, 0.25) is 0 Å². The zero-order valence-electron chi connectivity index (χ0n) is 9.08. The molecule has 2 N–H and O–H groups in total. The lowest BCUT2D eigenvalue weighted by atomic mass is 10.1. The molecule has 0 unspecified atom stereocenters. The highest BCUT2D eigenvalue weighted by Gasteiger charge is 2.08. The van der Waals surface area contributed by atoms with Crippen LogP contribution in [-0.2, 0) is 6.61 Å². The van der Waals surface area contributed by atoms with E-state index in [1.807, 2.05) is 26.0 Å². The average Bonchev–Trinajstić information content (AvgIpc) is 2.73. The highest BCUT2D eigenvalue weighted by molar-refractivity contribution is 9.10. The molecule has 1 heterocycles. The van der Waals surface area contributed by atoms with E-state index in [4.69, 9.17) is 5.11 Å². The summed E-state index contributed by atoms with van der Waals surface area (Å²) in [6.45, 7) is 3.93. The largest absolute Gasteiger partial charge is 0.388 e. The minimum atomic E-state index is -0.124. The fraction of sp³-hybridized carbons (Fsp3) is 0.273. The molecule has 2 aromatic rings. The molecule has 0 aliphatic carbocycles. The number of nitrogens with zero attached hydrogens (tertiary/aromatic N) is 2. The summed E-state index contributed by atoms with van der Waals surface area (Å²) in [4.78, 5) is 4.18. The molecule has 2 rings (SSSR count). The number of aromatic nitrogens is 3. The molecule has 0 spiro atoms. The standard InChI is InChI=1S/C11H12BrN3O/c1-6-3-8(4-7(2)10(6)12)11-13-9(5-16)14-15-11/h3-4,16H,5H2,1-2H3,(H,13,14,15). The van der Waals surface area contributed by atoms with Crippen LogP contribution in [0.4, 0.5) is 0 Å². The van der Waals surface area contributed by atoms with Crippen LogP contribution in [0, 0.1) is 13.8 Å². The van der Waals surface area contributed by atoms with Crippen LogP contribution < -0.4 is 0 Å². The zero-order valence-corrected chi connectivity index (χ0v) is 10.7. The summed E-state index contributed by atoms with van der Waals surface area (Å²) in [6.07, 6.45) is 0. The van der Waals surface area contributed by atoms with Gasteiger partial charge in [0.15, 0.2) is 11.6 Å². The summed E-state index contributed by atoms with van der Waals surface area (Å²) in [6, 6.07) is 4.03. The summed E-state index contributed by atoms with van der Waals surface area (Å²) in [5.41, 5.74) is 3.24. The lowest BCUT2D eigenvalue weighted by Crippen LogP contribution is -1.88. The number of halogens is 1. The molecular weight excluding hydrogens is 270 g/mol. The summed E-state index contributed by atoms with van der Waals surface area (Å²) in [5, 5.41) is 15.7. The van der Waals surface area contributed by atoms with Crippen LogP contribution in [0.15, 0.2) is 16.6 Å². The third-order valence-electron chi connectivity index (χ3n) is 2.38. The first kappa shape index (κ1) is 11.3. The van der Waals surface area contributed by atoms with E-state index < -0.39 is 0 Å². The third kappa shape index (κ3) is 2.01. The molecular formula is C11H12BrN3O. The number of H-pyrrole nitrogens is 1. The maximum Gasteiger partial charge on any atom is 0.181 e. The Labute approximate surface area is 102 Å². The van der Waals surface area contributed by atoms with Gasteiger partial charge in [-0.05, 0) is 37.1 Å². The summed E-state index contributed by atoms with van der Waals surface area (Å²) < 4.78 is 1.11. The van der Waals surface area contributed by atoms with Crippen molar-refractivity contribution in [3.8, 4) is 11.4 Å².